The van der Waals surface area contributed by atoms with Crippen molar-refractivity contribution in [3.63, 3.8) is 0 Å². The summed E-state index contributed by atoms with van der Waals surface area (Å²) >= 11 is 0. The predicted molar refractivity (Wildman–Crippen MR) is 55.8 cm³/mol. The van der Waals surface area contributed by atoms with Crippen molar-refractivity contribution < 1.29 is 14.6 Å². The van der Waals surface area contributed by atoms with E-state index in [2.05, 4.69) is 0 Å². The third kappa shape index (κ3) is 2.75. The van der Waals surface area contributed by atoms with Crippen LogP contribution in [0.4, 0.5) is 4.39 Å². The summed E-state index contributed by atoms with van der Waals surface area (Å²) in [7, 11) is 0. The third-order valence-electron chi connectivity index (χ3n) is 2.39. The first-order chi connectivity index (χ1) is 7.07. The van der Waals surface area contributed by atoms with Crippen LogP contribution in [0.2, 0.25) is 0 Å². The third-order valence-corrected chi connectivity index (χ3v) is 2.39. The zero-order valence-corrected chi connectivity index (χ0v) is 8.65. The molecule has 0 aliphatic rings. The molecular weight excluding hydrogens is 197 g/mol. The van der Waals surface area contributed by atoms with Gasteiger partial charge in [-0.1, -0.05) is 12.1 Å². The number of aliphatic hydroxyl groups is 2. The van der Waals surface area contributed by atoms with E-state index in [4.69, 9.17) is 5.73 Å². The van der Waals surface area contributed by atoms with Gasteiger partial charge in [-0.25, -0.2) is 4.39 Å². The number of rotatable bonds is 4. The molecule has 0 amide bonds. The van der Waals surface area contributed by atoms with E-state index in [0.29, 0.717) is 5.56 Å². The van der Waals surface area contributed by atoms with Crippen LogP contribution < -0.4 is 5.73 Å². The number of aliphatic hydroxyl groups excluding tert-OH is 2. The lowest BCUT2D eigenvalue weighted by molar-refractivity contribution is 0.0126. The highest BCUT2D eigenvalue weighted by atomic mass is 19.1. The normalized spacial score (nSPS) is 15.0. The van der Waals surface area contributed by atoms with Crippen LogP contribution in [0.15, 0.2) is 18.2 Å². The average Bonchev–Trinajstić information content (AvgIpc) is 2.17. The average molecular weight is 213 g/mol. The molecule has 1 rings (SSSR count). The molecule has 15 heavy (non-hydrogen) atoms. The van der Waals surface area contributed by atoms with E-state index >= 15 is 0 Å². The van der Waals surface area contributed by atoms with Crippen LogP contribution in [0.25, 0.3) is 0 Å². The van der Waals surface area contributed by atoms with Crippen LogP contribution in [-0.2, 0) is 0 Å². The second kappa shape index (κ2) is 5.21. The van der Waals surface area contributed by atoms with Gasteiger partial charge in [-0.2, -0.15) is 0 Å². The molecule has 0 radical (unpaired) electrons. The fourth-order valence-electron chi connectivity index (χ4n) is 1.54. The SMILES string of the molecule is Cc1cccc(F)c1C(O)C(O)CCN. The minimum absolute atomic E-state index is 0.151. The second-order valence-electron chi connectivity index (χ2n) is 3.56. The summed E-state index contributed by atoms with van der Waals surface area (Å²) in [6.07, 6.45) is -1.99. The maximum atomic E-state index is 13.4. The van der Waals surface area contributed by atoms with Gasteiger partial charge in [0, 0.05) is 5.56 Å². The van der Waals surface area contributed by atoms with Crippen molar-refractivity contribution in [1.82, 2.24) is 0 Å². The van der Waals surface area contributed by atoms with Crippen LogP contribution >= 0.6 is 0 Å². The molecule has 0 aliphatic heterocycles. The minimum Gasteiger partial charge on any atom is -0.390 e. The van der Waals surface area contributed by atoms with Crippen molar-refractivity contribution in [2.45, 2.75) is 25.6 Å². The fourth-order valence-corrected chi connectivity index (χ4v) is 1.54. The number of aryl methyl sites for hydroxylation is 1. The molecule has 0 fully saturated rings. The van der Waals surface area contributed by atoms with Crippen molar-refractivity contribution in [1.29, 1.82) is 0 Å². The number of hydrogen-bond acceptors (Lipinski definition) is 3. The first-order valence-corrected chi connectivity index (χ1v) is 4.89. The van der Waals surface area contributed by atoms with Crippen LogP contribution in [0.1, 0.15) is 23.7 Å². The van der Waals surface area contributed by atoms with Crippen LogP contribution in [0.5, 0.6) is 0 Å². The van der Waals surface area contributed by atoms with Crippen LogP contribution in [0, 0.1) is 12.7 Å². The smallest absolute Gasteiger partial charge is 0.129 e. The lowest BCUT2D eigenvalue weighted by Crippen LogP contribution is -2.23. The van der Waals surface area contributed by atoms with Crippen LogP contribution in [0.3, 0.4) is 0 Å². The number of hydrogen-bond donors (Lipinski definition) is 3. The standard InChI is InChI=1S/C11H16FNO2/c1-7-3-2-4-8(12)10(7)11(15)9(14)5-6-13/h2-4,9,11,14-15H,5-6,13H2,1H3. The summed E-state index contributed by atoms with van der Waals surface area (Å²) in [6, 6.07) is 4.52. The Labute approximate surface area is 88.4 Å². The summed E-state index contributed by atoms with van der Waals surface area (Å²) in [5.41, 5.74) is 6.03. The summed E-state index contributed by atoms with van der Waals surface area (Å²) < 4.78 is 13.4. The van der Waals surface area contributed by atoms with E-state index in [1.54, 1.807) is 19.1 Å². The monoisotopic (exact) mass is 213 g/mol. The summed E-state index contributed by atoms with van der Waals surface area (Å²) in [5, 5.41) is 19.3. The Bertz CT molecular complexity index is 310. The van der Waals surface area contributed by atoms with Gasteiger partial charge in [0.1, 0.15) is 11.9 Å². The first-order valence-electron chi connectivity index (χ1n) is 4.89. The molecule has 1 aromatic carbocycles. The number of halogens is 1. The van der Waals surface area contributed by atoms with Gasteiger partial charge in [-0.05, 0) is 31.5 Å². The molecule has 0 bridgehead atoms. The number of benzene rings is 1. The summed E-state index contributed by atoms with van der Waals surface area (Å²) in [5.74, 6) is -0.501. The van der Waals surface area contributed by atoms with Gasteiger partial charge in [0.05, 0.1) is 6.10 Å². The van der Waals surface area contributed by atoms with Gasteiger partial charge in [0.2, 0.25) is 0 Å². The maximum Gasteiger partial charge on any atom is 0.129 e. The predicted octanol–water partition coefficient (Wildman–Crippen LogP) is 0.877. The van der Waals surface area contributed by atoms with Crippen molar-refractivity contribution in [3.05, 3.63) is 35.1 Å². The van der Waals surface area contributed by atoms with Gasteiger partial charge >= 0.3 is 0 Å². The van der Waals surface area contributed by atoms with E-state index in [-0.39, 0.29) is 18.5 Å². The van der Waals surface area contributed by atoms with E-state index in [9.17, 15) is 14.6 Å². The quantitative estimate of drug-likeness (QED) is 0.695. The molecule has 84 valence electrons. The molecule has 0 aromatic heterocycles. The van der Waals surface area contributed by atoms with Gasteiger partial charge in [0.25, 0.3) is 0 Å². The lowest BCUT2D eigenvalue weighted by Gasteiger charge is -2.19. The zero-order chi connectivity index (χ0) is 11.4. The molecular formula is C11H16FNO2. The fraction of sp³-hybridized carbons (Fsp3) is 0.455. The Morgan fingerprint density at radius 1 is 1.40 bits per heavy atom. The Hall–Kier alpha value is -0.970. The lowest BCUT2D eigenvalue weighted by atomic mass is 9.97. The van der Waals surface area contributed by atoms with Crippen molar-refractivity contribution in [2.75, 3.05) is 6.54 Å². The van der Waals surface area contributed by atoms with Crippen molar-refractivity contribution in [3.8, 4) is 0 Å². The maximum absolute atomic E-state index is 13.4. The summed E-state index contributed by atoms with van der Waals surface area (Å²) in [6.45, 7) is 1.95. The molecule has 0 saturated heterocycles. The Morgan fingerprint density at radius 3 is 2.60 bits per heavy atom. The topological polar surface area (TPSA) is 66.5 Å². The van der Waals surface area contributed by atoms with Crippen molar-refractivity contribution >= 4 is 0 Å². The van der Waals surface area contributed by atoms with Crippen molar-refractivity contribution in [2.24, 2.45) is 5.73 Å². The largest absolute Gasteiger partial charge is 0.390 e. The molecule has 0 heterocycles. The number of nitrogens with two attached hydrogens (primary N) is 1. The molecule has 4 N–H and O–H groups in total. The molecule has 0 saturated carbocycles. The molecule has 2 atom stereocenters. The Kier molecular flexibility index (Phi) is 4.20. The molecule has 0 spiro atoms. The zero-order valence-electron chi connectivity index (χ0n) is 8.65. The van der Waals surface area contributed by atoms with E-state index in [0.717, 1.165) is 0 Å². The second-order valence-corrected chi connectivity index (χ2v) is 3.56. The Morgan fingerprint density at radius 2 is 2.07 bits per heavy atom. The van der Waals surface area contributed by atoms with Gasteiger partial charge in [-0.3, -0.25) is 0 Å². The summed E-state index contributed by atoms with van der Waals surface area (Å²) in [4.78, 5) is 0. The molecule has 2 unspecified atom stereocenters. The van der Waals surface area contributed by atoms with Gasteiger partial charge in [0.15, 0.2) is 0 Å². The molecule has 1 aromatic rings. The Balaban J connectivity index is 2.94. The minimum atomic E-state index is -1.21. The van der Waals surface area contributed by atoms with Crippen LogP contribution in [-0.4, -0.2) is 22.9 Å². The van der Waals surface area contributed by atoms with Gasteiger partial charge in [-0.15, -0.1) is 0 Å². The molecule has 0 aliphatic carbocycles. The van der Waals surface area contributed by atoms with E-state index in [1.807, 2.05) is 0 Å². The first kappa shape index (κ1) is 12.1. The van der Waals surface area contributed by atoms with E-state index < -0.39 is 18.0 Å². The van der Waals surface area contributed by atoms with E-state index in [1.165, 1.54) is 6.07 Å². The molecule has 4 heteroatoms. The highest BCUT2D eigenvalue weighted by molar-refractivity contribution is 5.30. The highest BCUT2D eigenvalue weighted by Crippen LogP contribution is 2.24. The molecule has 3 nitrogen and oxygen atoms in total. The highest BCUT2D eigenvalue weighted by Gasteiger charge is 2.22. The van der Waals surface area contributed by atoms with Gasteiger partial charge < -0.3 is 15.9 Å².